The van der Waals surface area contributed by atoms with Gasteiger partial charge in [-0.1, -0.05) is 30.3 Å². The molecule has 138 valence electrons. The molecule has 0 aliphatic carbocycles. The Morgan fingerprint density at radius 3 is 2.59 bits per heavy atom. The largest absolute Gasteiger partial charge is 0.312 e. The predicted molar refractivity (Wildman–Crippen MR) is 108 cm³/mol. The Kier molecular flexibility index (Phi) is 4.80. The highest BCUT2D eigenvalue weighted by Gasteiger charge is 2.21. The lowest BCUT2D eigenvalue weighted by Gasteiger charge is -2.29. The van der Waals surface area contributed by atoms with Crippen molar-refractivity contribution < 1.29 is 4.79 Å². The van der Waals surface area contributed by atoms with E-state index in [0.29, 0.717) is 6.42 Å². The lowest BCUT2D eigenvalue weighted by atomic mass is 10.0. The summed E-state index contributed by atoms with van der Waals surface area (Å²) >= 11 is 0. The van der Waals surface area contributed by atoms with Gasteiger partial charge in [0.2, 0.25) is 5.91 Å². The molecule has 0 spiro atoms. The van der Waals surface area contributed by atoms with Crippen molar-refractivity contribution in [3.63, 3.8) is 0 Å². The number of benzene rings is 2. The Morgan fingerprint density at radius 2 is 1.85 bits per heavy atom. The number of aryl methyl sites for hydroxylation is 4. The summed E-state index contributed by atoms with van der Waals surface area (Å²) < 4.78 is 1.95. The predicted octanol–water partition coefficient (Wildman–Crippen LogP) is 4.40. The van der Waals surface area contributed by atoms with Crippen molar-refractivity contribution in [3.8, 4) is 5.69 Å². The molecule has 0 saturated carbocycles. The Bertz CT molecular complexity index is 956. The van der Waals surface area contributed by atoms with Crippen molar-refractivity contribution in [1.82, 2.24) is 9.78 Å². The van der Waals surface area contributed by atoms with Crippen molar-refractivity contribution >= 4 is 11.6 Å². The summed E-state index contributed by atoms with van der Waals surface area (Å²) in [5.41, 5.74) is 6.75. The van der Waals surface area contributed by atoms with Gasteiger partial charge in [0, 0.05) is 24.3 Å². The number of rotatable bonds is 4. The number of amides is 1. The first-order valence-corrected chi connectivity index (χ1v) is 9.63. The van der Waals surface area contributed by atoms with E-state index in [1.165, 1.54) is 11.1 Å². The third kappa shape index (κ3) is 3.65. The van der Waals surface area contributed by atoms with E-state index in [0.717, 1.165) is 48.6 Å². The highest BCUT2D eigenvalue weighted by atomic mass is 16.2. The van der Waals surface area contributed by atoms with Gasteiger partial charge >= 0.3 is 0 Å². The van der Waals surface area contributed by atoms with E-state index in [1.807, 2.05) is 22.6 Å². The number of para-hydroxylation sites is 1. The van der Waals surface area contributed by atoms with Crippen LogP contribution in [0.15, 0.2) is 54.6 Å². The number of carbonyl (C=O) groups excluding carboxylic acids is 1. The standard InChI is InChI=1S/C23H25N3O/c1-17-16-18(2)26(24-17)21-12-9-19(10-13-21)11-14-23(27)25-15-5-7-20-6-3-4-8-22(20)25/h3-4,6,8-10,12-13,16H,5,7,11,14-15H2,1-2H3. The second kappa shape index (κ2) is 7.39. The van der Waals surface area contributed by atoms with E-state index < -0.39 is 0 Å². The van der Waals surface area contributed by atoms with Crippen molar-refractivity contribution in [2.24, 2.45) is 0 Å². The maximum atomic E-state index is 12.8. The second-order valence-corrected chi connectivity index (χ2v) is 7.28. The van der Waals surface area contributed by atoms with Crippen LogP contribution in [0.2, 0.25) is 0 Å². The Hall–Kier alpha value is -2.88. The molecule has 1 aliphatic rings. The minimum Gasteiger partial charge on any atom is -0.312 e. The van der Waals surface area contributed by atoms with E-state index in [-0.39, 0.29) is 5.91 Å². The zero-order chi connectivity index (χ0) is 18.8. The van der Waals surface area contributed by atoms with Gasteiger partial charge in [-0.15, -0.1) is 0 Å². The van der Waals surface area contributed by atoms with Crippen LogP contribution in [0, 0.1) is 13.8 Å². The number of fused-ring (bicyclic) bond motifs is 1. The SMILES string of the molecule is Cc1cc(C)n(-c2ccc(CCC(=O)N3CCCc4ccccc43)cc2)n1. The van der Waals surface area contributed by atoms with E-state index in [2.05, 4.69) is 60.6 Å². The molecule has 0 fully saturated rings. The first-order valence-electron chi connectivity index (χ1n) is 9.63. The van der Waals surface area contributed by atoms with Gasteiger partial charge < -0.3 is 4.90 Å². The average Bonchev–Trinajstić information content (AvgIpc) is 3.04. The number of hydrogen-bond acceptors (Lipinski definition) is 2. The van der Waals surface area contributed by atoms with Crippen LogP contribution in [0.1, 0.15) is 35.4 Å². The molecule has 0 saturated heterocycles. The molecule has 3 aromatic rings. The number of aromatic nitrogens is 2. The summed E-state index contributed by atoms with van der Waals surface area (Å²) in [6.45, 7) is 4.89. The maximum Gasteiger partial charge on any atom is 0.227 e. The lowest BCUT2D eigenvalue weighted by Crippen LogP contribution is -2.35. The van der Waals surface area contributed by atoms with Gasteiger partial charge in [0.05, 0.1) is 11.4 Å². The maximum absolute atomic E-state index is 12.8. The van der Waals surface area contributed by atoms with Gasteiger partial charge in [0.1, 0.15) is 0 Å². The third-order valence-electron chi connectivity index (χ3n) is 5.23. The average molecular weight is 359 g/mol. The molecule has 2 heterocycles. The lowest BCUT2D eigenvalue weighted by molar-refractivity contribution is -0.118. The third-order valence-corrected chi connectivity index (χ3v) is 5.23. The number of hydrogen-bond donors (Lipinski definition) is 0. The molecule has 0 radical (unpaired) electrons. The quantitative estimate of drug-likeness (QED) is 0.692. The molecule has 4 heteroatoms. The van der Waals surface area contributed by atoms with E-state index in [4.69, 9.17) is 0 Å². The fourth-order valence-electron chi connectivity index (χ4n) is 3.87. The van der Waals surface area contributed by atoms with Gasteiger partial charge in [0.15, 0.2) is 0 Å². The van der Waals surface area contributed by atoms with Crippen molar-refractivity contribution in [1.29, 1.82) is 0 Å². The molecular formula is C23H25N3O. The highest BCUT2D eigenvalue weighted by molar-refractivity contribution is 5.94. The topological polar surface area (TPSA) is 38.1 Å². The Labute approximate surface area is 160 Å². The number of anilines is 1. The van der Waals surface area contributed by atoms with Crippen LogP contribution >= 0.6 is 0 Å². The molecule has 2 aromatic carbocycles. The summed E-state index contributed by atoms with van der Waals surface area (Å²) in [5.74, 6) is 0.213. The molecule has 0 N–H and O–H groups in total. The van der Waals surface area contributed by atoms with Crippen LogP contribution in [0.5, 0.6) is 0 Å². The number of carbonyl (C=O) groups is 1. The molecule has 4 nitrogen and oxygen atoms in total. The normalized spacial score (nSPS) is 13.5. The summed E-state index contributed by atoms with van der Waals surface area (Å²) in [7, 11) is 0. The number of nitrogens with zero attached hydrogens (tertiary/aromatic N) is 3. The van der Waals surface area contributed by atoms with Gasteiger partial charge in [-0.3, -0.25) is 4.79 Å². The monoisotopic (exact) mass is 359 g/mol. The minimum atomic E-state index is 0.213. The van der Waals surface area contributed by atoms with Crippen LogP contribution in [0.3, 0.4) is 0 Å². The van der Waals surface area contributed by atoms with Crippen LogP contribution in [0.25, 0.3) is 5.69 Å². The van der Waals surface area contributed by atoms with E-state index >= 15 is 0 Å². The summed E-state index contributed by atoms with van der Waals surface area (Å²) in [4.78, 5) is 14.7. The zero-order valence-electron chi connectivity index (χ0n) is 16.0. The fourth-order valence-corrected chi connectivity index (χ4v) is 3.87. The zero-order valence-corrected chi connectivity index (χ0v) is 16.0. The molecule has 27 heavy (non-hydrogen) atoms. The molecular weight excluding hydrogens is 334 g/mol. The smallest absolute Gasteiger partial charge is 0.227 e. The van der Waals surface area contributed by atoms with Crippen LogP contribution in [0.4, 0.5) is 5.69 Å². The minimum absolute atomic E-state index is 0.213. The molecule has 4 rings (SSSR count). The van der Waals surface area contributed by atoms with Crippen molar-refractivity contribution in [2.75, 3.05) is 11.4 Å². The Balaban J connectivity index is 1.42. The van der Waals surface area contributed by atoms with Gasteiger partial charge in [-0.25, -0.2) is 4.68 Å². The Morgan fingerprint density at radius 1 is 1.07 bits per heavy atom. The van der Waals surface area contributed by atoms with Gasteiger partial charge in [-0.2, -0.15) is 5.10 Å². The molecule has 1 amide bonds. The van der Waals surface area contributed by atoms with Crippen LogP contribution in [-0.2, 0) is 17.6 Å². The molecule has 0 atom stereocenters. The summed E-state index contributed by atoms with van der Waals surface area (Å²) in [6.07, 6.45) is 3.40. The molecule has 1 aromatic heterocycles. The summed E-state index contributed by atoms with van der Waals surface area (Å²) in [5, 5.41) is 4.52. The van der Waals surface area contributed by atoms with Gasteiger partial charge in [-0.05, 0) is 68.5 Å². The molecule has 0 unspecified atom stereocenters. The molecule has 1 aliphatic heterocycles. The fraction of sp³-hybridized carbons (Fsp3) is 0.304. The van der Waals surface area contributed by atoms with Crippen LogP contribution < -0.4 is 4.90 Å². The second-order valence-electron chi connectivity index (χ2n) is 7.28. The first-order chi connectivity index (χ1) is 13.1. The van der Waals surface area contributed by atoms with Crippen molar-refractivity contribution in [2.45, 2.75) is 39.5 Å². The summed E-state index contributed by atoms with van der Waals surface area (Å²) in [6, 6.07) is 18.7. The van der Waals surface area contributed by atoms with Crippen molar-refractivity contribution in [3.05, 3.63) is 77.1 Å². The highest BCUT2D eigenvalue weighted by Crippen LogP contribution is 2.27. The molecule has 0 bridgehead atoms. The van der Waals surface area contributed by atoms with E-state index in [1.54, 1.807) is 0 Å². The van der Waals surface area contributed by atoms with Crippen LogP contribution in [-0.4, -0.2) is 22.2 Å². The van der Waals surface area contributed by atoms with E-state index in [9.17, 15) is 4.79 Å². The van der Waals surface area contributed by atoms with Gasteiger partial charge in [0.25, 0.3) is 0 Å². The first kappa shape index (κ1) is 17.5.